The molecule has 134 valence electrons. The maximum Gasteiger partial charge on any atom is 0.338 e. The lowest BCUT2D eigenvalue weighted by Crippen LogP contribution is -2.33. The van der Waals surface area contributed by atoms with Crippen molar-refractivity contribution in [2.24, 2.45) is 0 Å². The molecule has 0 aliphatic carbocycles. The zero-order chi connectivity index (χ0) is 18.7. The molecule has 3 rings (SSSR count). The van der Waals surface area contributed by atoms with Crippen molar-refractivity contribution >= 4 is 45.0 Å². The highest BCUT2D eigenvalue weighted by Crippen LogP contribution is 2.28. The van der Waals surface area contributed by atoms with E-state index >= 15 is 0 Å². The molecule has 0 saturated heterocycles. The normalized spacial score (nSPS) is 12.0. The molecular weight excluding hydrogens is 372 g/mol. The van der Waals surface area contributed by atoms with Crippen molar-refractivity contribution < 1.29 is 14.3 Å². The third-order valence-electron chi connectivity index (χ3n) is 4.05. The Bertz CT molecular complexity index is 906. The number of hydrogen-bond donors (Lipinski definition) is 0. The highest BCUT2D eigenvalue weighted by Gasteiger charge is 2.22. The number of ether oxygens (including phenoxy) is 1. The van der Waals surface area contributed by atoms with Gasteiger partial charge in [-0.1, -0.05) is 23.7 Å². The number of carbonyl (C=O) groups excluding carboxylic acids is 2. The topological polar surface area (TPSA) is 59.5 Å². The van der Waals surface area contributed by atoms with E-state index in [1.807, 2.05) is 31.2 Å². The number of esters is 1. The van der Waals surface area contributed by atoms with Gasteiger partial charge in [-0.2, -0.15) is 0 Å². The summed E-state index contributed by atoms with van der Waals surface area (Å²) in [5, 5.41) is 1.37. The largest absolute Gasteiger partial charge is 0.452 e. The van der Waals surface area contributed by atoms with E-state index in [2.05, 4.69) is 4.98 Å². The van der Waals surface area contributed by atoms with Gasteiger partial charge in [0.1, 0.15) is 5.01 Å². The highest BCUT2D eigenvalue weighted by molar-refractivity contribution is 7.18. The lowest BCUT2D eigenvalue weighted by molar-refractivity contribution is -0.135. The summed E-state index contributed by atoms with van der Waals surface area (Å²) in [5.41, 5.74) is 1.26. The number of thiazole rings is 1. The summed E-state index contributed by atoms with van der Waals surface area (Å²) < 4.78 is 6.18. The third kappa shape index (κ3) is 4.03. The third-order valence-corrected chi connectivity index (χ3v) is 5.51. The van der Waals surface area contributed by atoms with Crippen molar-refractivity contribution in [1.29, 1.82) is 0 Å². The number of amides is 1. The van der Waals surface area contributed by atoms with Crippen LogP contribution in [0.25, 0.3) is 10.2 Å². The molecule has 0 aliphatic rings. The maximum absolute atomic E-state index is 12.4. The monoisotopic (exact) mass is 388 g/mol. The molecule has 0 N–H and O–H groups in total. The Kier molecular flexibility index (Phi) is 5.54. The number of rotatable bonds is 5. The molecular formula is C19H17ClN2O3S. The van der Waals surface area contributed by atoms with E-state index in [1.165, 1.54) is 4.90 Å². The number of benzene rings is 2. The molecule has 0 bridgehead atoms. The first-order chi connectivity index (χ1) is 12.5. The Labute approximate surface area is 160 Å². The summed E-state index contributed by atoms with van der Waals surface area (Å²) in [7, 11) is 1.68. The molecule has 0 unspecified atom stereocenters. The minimum absolute atomic E-state index is 0.214. The van der Waals surface area contributed by atoms with Gasteiger partial charge < -0.3 is 9.64 Å². The summed E-state index contributed by atoms with van der Waals surface area (Å²) in [6.45, 7) is 1.57. The van der Waals surface area contributed by atoms with Crippen LogP contribution in [0.4, 0.5) is 0 Å². The van der Waals surface area contributed by atoms with E-state index in [-0.39, 0.29) is 18.6 Å². The molecule has 26 heavy (non-hydrogen) atoms. The SMILES string of the molecule is C[C@H](c1nc2ccccc2s1)N(C)C(=O)COC(=O)c1ccc(Cl)cc1. The summed E-state index contributed by atoms with van der Waals surface area (Å²) in [4.78, 5) is 30.5. The Morgan fingerprint density at radius 3 is 2.58 bits per heavy atom. The van der Waals surface area contributed by atoms with Gasteiger partial charge in [-0.25, -0.2) is 9.78 Å². The van der Waals surface area contributed by atoms with Crippen LogP contribution in [-0.4, -0.2) is 35.4 Å². The van der Waals surface area contributed by atoms with E-state index < -0.39 is 5.97 Å². The van der Waals surface area contributed by atoms with Crippen molar-refractivity contribution in [2.75, 3.05) is 13.7 Å². The molecule has 0 saturated carbocycles. The second-order valence-corrected chi connectivity index (χ2v) is 7.28. The smallest absolute Gasteiger partial charge is 0.338 e. The van der Waals surface area contributed by atoms with Crippen LogP contribution in [0.3, 0.4) is 0 Å². The quantitative estimate of drug-likeness (QED) is 0.610. The predicted molar refractivity (Wildman–Crippen MR) is 103 cm³/mol. The van der Waals surface area contributed by atoms with Gasteiger partial charge >= 0.3 is 5.97 Å². The molecule has 7 heteroatoms. The molecule has 0 aliphatic heterocycles. The van der Waals surface area contributed by atoms with Gasteiger partial charge in [0.15, 0.2) is 6.61 Å². The standard InChI is InChI=1S/C19H17ClN2O3S/c1-12(18-21-15-5-3-4-6-16(15)26-18)22(2)17(23)11-25-19(24)13-7-9-14(20)10-8-13/h3-10,12H,11H2,1-2H3/t12-/m1/s1. The zero-order valence-corrected chi connectivity index (χ0v) is 15.9. The molecule has 1 atom stereocenters. The summed E-state index contributed by atoms with van der Waals surface area (Å²) in [6, 6.07) is 13.9. The highest BCUT2D eigenvalue weighted by atomic mass is 35.5. The summed E-state index contributed by atoms with van der Waals surface area (Å²) in [6.07, 6.45) is 0. The molecule has 1 amide bonds. The van der Waals surface area contributed by atoms with E-state index in [0.29, 0.717) is 10.6 Å². The van der Waals surface area contributed by atoms with Gasteiger partial charge in [-0.15, -0.1) is 11.3 Å². The maximum atomic E-state index is 12.4. The van der Waals surface area contributed by atoms with E-state index in [1.54, 1.807) is 42.6 Å². The fraction of sp³-hybridized carbons (Fsp3) is 0.211. The number of carbonyl (C=O) groups is 2. The van der Waals surface area contributed by atoms with Gasteiger partial charge in [0.2, 0.25) is 0 Å². The summed E-state index contributed by atoms with van der Waals surface area (Å²) in [5.74, 6) is -0.852. The van der Waals surface area contributed by atoms with E-state index in [4.69, 9.17) is 16.3 Å². The van der Waals surface area contributed by atoms with Crippen LogP contribution < -0.4 is 0 Å². The molecule has 0 spiro atoms. The lowest BCUT2D eigenvalue weighted by Gasteiger charge is -2.23. The van der Waals surface area contributed by atoms with Crippen molar-refractivity contribution in [3.63, 3.8) is 0 Å². The predicted octanol–water partition coefficient (Wildman–Crippen LogP) is 4.33. The van der Waals surface area contributed by atoms with Crippen LogP contribution in [-0.2, 0) is 9.53 Å². The molecule has 5 nitrogen and oxygen atoms in total. The molecule has 3 aromatic rings. The van der Waals surface area contributed by atoms with Crippen molar-refractivity contribution in [3.05, 3.63) is 64.1 Å². The fourth-order valence-electron chi connectivity index (χ4n) is 2.35. The van der Waals surface area contributed by atoms with E-state index in [9.17, 15) is 9.59 Å². The molecule has 0 radical (unpaired) electrons. The van der Waals surface area contributed by atoms with Crippen LogP contribution in [0.1, 0.15) is 28.3 Å². The van der Waals surface area contributed by atoms with Gasteiger partial charge in [-0.3, -0.25) is 4.79 Å². The molecule has 2 aromatic carbocycles. The van der Waals surface area contributed by atoms with Crippen LogP contribution >= 0.6 is 22.9 Å². The second kappa shape index (κ2) is 7.85. The van der Waals surface area contributed by atoms with Crippen molar-refractivity contribution in [2.45, 2.75) is 13.0 Å². The van der Waals surface area contributed by atoms with Crippen LogP contribution in [0.15, 0.2) is 48.5 Å². The molecule has 0 fully saturated rings. The Hall–Kier alpha value is -2.44. The Morgan fingerprint density at radius 1 is 1.19 bits per heavy atom. The van der Waals surface area contributed by atoms with Crippen LogP contribution in [0.2, 0.25) is 5.02 Å². The fourth-order valence-corrected chi connectivity index (χ4v) is 3.54. The lowest BCUT2D eigenvalue weighted by atomic mass is 10.2. The Balaban J connectivity index is 1.61. The first kappa shape index (κ1) is 18.4. The van der Waals surface area contributed by atoms with Crippen molar-refractivity contribution in [3.8, 4) is 0 Å². The average molecular weight is 389 g/mol. The first-order valence-corrected chi connectivity index (χ1v) is 9.19. The van der Waals surface area contributed by atoms with Gasteiger partial charge in [0.05, 0.1) is 21.8 Å². The van der Waals surface area contributed by atoms with Gasteiger partial charge in [0.25, 0.3) is 5.91 Å². The number of halogens is 1. The Morgan fingerprint density at radius 2 is 1.88 bits per heavy atom. The van der Waals surface area contributed by atoms with Crippen molar-refractivity contribution in [1.82, 2.24) is 9.88 Å². The second-order valence-electron chi connectivity index (χ2n) is 5.78. The zero-order valence-electron chi connectivity index (χ0n) is 14.3. The van der Waals surface area contributed by atoms with Gasteiger partial charge in [0, 0.05) is 12.1 Å². The molecule has 1 aromatic heterocycles. The number of fused-ring (bicyclic) bond motifs is 1. The number of hydrogen-bond acceptors (Lipinski definition) is 5. The van der Waals surface area contributed by atoms with Crippen LogP contribution in [0, 0.1) is 0 Å². The number of nitrogens with zero attached hydrogens (tertiary/aromatic N) is 2. The average Bonchev–Trinajstić information content (AvgIpc) is 3.09. The number of aromatic nitrogens is 1. The van der Waals surface area contributed by atoms with Gasteiger partial charge in [-0.05, 0) is 43.3 Å². The summed E-state index contributed by atoms with van der Waals surface area (Å²) >= 11 is 7.34. The minimum Gasteiger partial charge on any atom is -0.452 e. The first-order valence-electron chi connectivity index (χ1n) is 7.99. The molecule has 1 heterocycles. The minimum atomic E-state index is -0.559. The van der Waals surface area contributed by atoms with Crippen LogP contribution in [0.5, 0.6) is 0 Å². The number of likely N-dealkylation sites (N-methyl/N-ethyl adjacent to an activating group) is 1. The van der Waals surface area contributed by atoms with E-state index in [0.717, 1.165) is 15.2 Å². The number of para-hydroxylation sites is 1.